The summed E-state index contributed by atoms with van der Waals surface area (Å²) in [6.07, 6.45) is 0.600. The minimum Gasteiger partial charge on any atom is -0.309 e. The van der Waals surface area contributed by atoms with Gasteiger partial charge in [-0.15, -0.1) is 12.4 Å². The molecule has 174 valence electrons. The van der Waals surface area contributed by atoms with Crippen molar-refractivity contribution in [1.29, 1.82) is 0 Å². The zero-order valence-corrected chi connectivity index (χ0v) is 21.6. The van der Waals surface area contributed by atoms with Crippen molar-refractivity contribution < 1.29 is 13.2 Å². The van der Waals surface area contributed by atoms with Crippen LogP contribution in [-0.2, 0) is 14.6 Å². The molecule has 3 aromatic rings. The summed E-state index contributed by atoms with van der Waals surface area (Å²) in [6, 6.07) is 11.3. The number of hydrogen-bond acceptors (Lipinski definition) is 6. The van der Waals surface area contributed by atoms with Gasteiger partial charge in [0.1, 0.15) is 0 Å². The number of halogens is 3. The normalized spacial score (nSPS) is 11.5. The maximum Gasteiger partial charge on any atom is 0.229 e. The first-order valence-corrected chi connectivity index (χ1v) is 12.9. The fourth-order valence-corrected chi connectivity index (χ4v) is 5.63. The van der Waals surface area contributed by atoms with Crippen LogP contribution in [0.25, 0.3) is 10.2 Å². The van der Waals surface area contributed by atoms with Crippen molar-refractivity contribution in [3.05, 3.63) is 52.5 Å². The van der Waals surface area contributed by atoms with Gasteiger partial charge in [0.05, 0.1) is 20.9 Å². The summed E-state index contributed by atoms with van der Waals surface area (Å²) in [5, 5.41) is 1.60. The van der Waals surface area contributed by atoms with E-state index >= 15 is 0 Å². The zero-order chi connectivity index (χ0) is 22.6. The average molecular weight is 537 g/mol. The molecule has 0 aliphatic rings. The van der Waals surface area contributed by atoms with Crippen molar-refractivity contribution in [1.82, 2.24) is 9.88 Å². The second-order valence-electron chi connectivity index (χ2n) is 7.33. The fourth-order valence-electron chi connectivity index (χ4n) is 2.99. The molecule has 1 aromatic heterocycles. The molecule has 1 amide bonds. The SMILES string of the molecule is CN(C)CCCN(C(=O)CCS(=O)(=O)c1ccc(Cl)cc1)c1nc2ccc(Cl)cc2s1.Cl. The minimum absolute atomic E-state index is 0. The summed E-state index contributed by atoms with van der Waals surface area (Å²) in [5.41, 5.74) is 0.753. The van der Waals surface area contributed by atoms with Gasteiger partial charge in [0.2, 0.25) is 5.91 Å². The van der Waals surface area contributed by atoms with Crippen molar-refractivity contribution in [2.45, 2.75) is 17.7 Å². The summed E-state index contributed by atoms with van der Waals surface area (Å²) in [5.74, 6) is -0.560. The van der Waals surface area contributed by atoms with Crippen LogP contribution in [0.2, 0.25) is 10.0 Å². The molecule has 32 heavy (non-hydrogen) atoms. The molecule has 0 atom stereocenters. The number of fused-ring (bicyclic) bond motifs is 1. The summed E-state index contributed by atoms with van der Waals surface area (Å²) < 4.78 is 26.2. The predicted octanol–water partition coefficient (Wildman–Crippen LogP) is 5.17. The van der Waals surface area contributed by atoms with Crippen LogP contribution in [0.4, 0.5) is 5.13 Å². The highest BCUT2D eigenvalue weighted by Crippen LogP contribution is 2.31. The van der Waals surface area contributed by atoms with Gasteiger partial charge in [-0.3, -0.25) is 9.69 Å². The van der Waals surface area contributed by atoms with Crippen LogP contribution in [0.1, 0.15) is 12.8 Å². The molecular weight excluding hydrogens is 513 g/mol. The molecule has 0 N–H and O–H groups in total. The molecule has 0 aliphatic heterocycles. The summed E-state index contributed by atoms with van der Waals surface area (Å²) in [7, 11) is 0.325. The Balaban J connectivity index is 0.00000363. The number of rotatable bonds is 9. The maximum atomic E-state index is 13.1. The first-order valence-electron chi connectivity index (χ1n) is 9.65. The van der Waals surface area contributed by atoms with Gasteiger partial charge in [-0.2, -0.15) is 0 Å². The van der Waals surface area contributed by atoms with E-state index in [1.807, 2.05) is 31.1 Å². The average Bonchev–Trinajstić information content (AvgIpc) is 3.12. The molecular formula is C21H24Cl3N3O3S2. The number of sulfone groups is 1. The molecule has 2 aromatic carbocycles. The Bertz CT molecular complexity index is 1170. The van der Waals surface area contributed by atoms with E-state index in [-0.39, 0.29) is 35.4 Å². The highest BCUT2D eigenvalue weighted by molar-refractivity contribution is 7.91. The molecule has 11 heteroatoms. The first kappa shape index (κ1) is 26.8. The minimum atomic E-state index is -3.60. The molecule has 0 bridgehead atoms. The topological polar surface area (TPSA) is 70.6 Å². The monoisotopic (exact) mass is 535 g/mol. The van der Waals surface area contributed by atoms with E-state index < -0.39 is 9.84 Å². The third-order valence-corrected chi connectivity index (χ3v) is 7.88. The number of anilines is 1. The molecule has 0 saturated heterocycles. The number of amides is 1. The van der Waals surface area contributed by atoms with Gasteiger partial charge in [0.25, 0.3) is 0 Å². The number of aromatic nitrogens is 1. The number of benzene rings is 2. The van der Waals surface area contributed by atoms with Crippen LogP contribution < -0.4 is 4.90 Å². The van der Waals surface area contributed by atoms with Crippen molar-refractivity contribution in [2.75, 3.05) is 37.8 Å². The van der Waals surface area contributed by atoms with E-state index in [1.54, 1.807) is 11.0 Å². The molecule has 3 rings (SSSR count). The number of thiazole rings is 1. The Morgan fingerprint density at radius 3 is 2.34 bits per heavy atom. The largest absolute Gasteiger partial charge is 0.309 e. The van der Waals surface area contributed by atoms with Crippen LogP contribution in [0.5, 0.6) is 0 Å². The Morgan fingerprint density at radius 2 is 1.69 bits per heavy atom. The van der Waals surface area contributed by atoms with E-state index in [0.29, 0.717) is 21.7 Å². The lowest BCUT2D eigenvalue weighted by molar-refractivity contribution is -0.118. The molecule has 0 spiro atoms. The van der Waals surface area contributed by atoms with Crippen LogP contribution in [0.15, 0.2) is 47.4 Å². The predicted molar refractivity (Wildman–Crippen MR) is 136 cm³/mol. The van der Waals surface area contributed by atoms with E-state index in [0.717, 1.165) is 23.2 Å². The molecule has 0 saturated carbocycles. The van der Waals surface area contributed by atoms with Gasteiger partial charge < -0.3 is 4.90 Å². The van der Waals surface area contributed by atoms with Gasteiger partial charge in [-0.05, 0) is 69.5 Å². The molecule has 0 unspecified atom stereocenters. The Morgan fingerprint density at radius 1 is 1.03 bits per heavy atom. The Kier molecular flexibility index (Phi) is 9.75. The number of carbonyl (C=O) groups excluding carboxylic acids is 1. The third kappa shape index (κ3) is 7.04. The summed E-state index contributed by atoms with van der Waals surface area (Å²) in [6.45, 7) is 1.25. The highest BCUT2D eigenvalue weighted by Gasteiger charge is 2.23. The van der Waals surface area contributed by atoms with Gasteiger partial charge in [-0.1, -0.05) is 34.5 Å². The maximum absolute atomic E-state index is 13.1. The van der Waals surface area contributed by atoms with Crippen LogP contribution in [0.3, 0.4) is 0 Å². The number of hydrogen-bond donors (Lipinski definition) is 0. The van der Waals surface area contributed by atoms with Gasteiger partial charge in [0, 0.05) is 23.0 Å². The zero-order valence-electron chi connectivity index (χ0n) is 17.6. The highest BCUT2D eigenvalue weighted by atomic mass is 35.5. The lowest BCUT2D eigenvalue weighted by Gasteiger charge is -2.21. The second kappa shape index (κ2) is 11.6. The second-order valence-corrected chi connectivity index (χ2v) is 11.3. The van der Waals surface area contributed by atoms with E-state index in [2.05, 4.69) is 4.98 Å². The fraction of sp³-hybridized carbons (Fsp3) is 0.333. The van der Waals surface area contributed by atoms with Crippen LogP contribution in [-0.4, -0.2) is 57.1 Å². The quantitative estimate of drug-likeness (QED) is 0.377. The van der Waals surface area contributed by atoms with E-state index in [1.165, 1.54) is 35.6 Å². The summed E-state index contributed by atoms with van der Waals surface area (Å²) in [4.78, 5) is 21.4. The van der Waals surface area contributed by atoms with Gasteiger partial charge in [0.15, 0.2) is 15.0 Å². The van der Waals surface area contributed by atoms with Crippen molar-refractivity contribution >= 4 is 78.0 Å². The van der Waals surface area contributed by atoms with Gasteiger partial charge in [-0.25, -0.2) is 13.4 Å². The van der Waals surface area contributed by atoms with Crippen molar-refractivity contribution in [3.63, 3.8) is 0 Å². The molecule has 0 radical (unpaired) electrons. The van der Waals surface area contributed by atoms with E-state index in [9.17, 15) is 13.2 Å². The Labute approximate surface area is 208 Å². The van der Waals surface area contributed by atoms with Crippen LogP contribution in [0, 0.1) is 0 Å². The molecule has 0 aliphatic carbocycles. The van der Waals surface area contributed by atoms with Crippen LogP contribution >= 0.6 is 46.9 Å². The lowest BCUT2D eigenvalue weighted by Crippen LogP contribution is -2.34. The smallest absolute Gasteiger partial charge is 0.229 e. The molecule has 0 fully saturated rings. The summed E-state index contributed by atoms with van der Waals surface area (Å²) >= 11 is 13.3. The lowest BCUT2D eigenvalue weighted by atomic mass is 10.3. The molecule has 6 nitrogen and oxygen atoms in total. The van der Waals surface area contributed by atoms with E-state index in [4.69, 9.17) is 23.2 Å². The number of carbonyl (C=O) groups is 1. The number of nitrogens with zero attached hydrogens (tertiary/aromatic N) is 3. The third-order valence-electron chi connectivity index (χ3n) is 4.62. The molecule has 1 heterocycles. The van der Waals surface area contributed by atoms with Gasteiger partial charge >= 0.3 is 0 Å². The van der Waals surface area contributed by atoms with Crippen molar-refractivity contribution in [2.24, 2.45) is 0 Å². The Hall–Kier alpha value is -1.42. The standard InChI is InChI=1S/C21H23Cl2N3O3S2.ClH/c1-25(2)11-3-12-26(21-24-18-9-6-16(23)14-19(18)30-21)20(27)10-13-31(28,29)17-7-4-15(22)5-8-17;/h4-9,14H,3,10-13H2,1-2H3;1H. The first-order chi connectivity index (χ1) is 14.7. The van der Waals surface area contributed by atoms with Crippen molar-refractivity contribution in [3.8, 4) is 0 Å².